The zero-order valence-electron chi connectivity index (χ0n) is 20.9. The van der Waals surface area contributed by atoms with Gasteiger partial charge in [0.25, 0.3) is 5.91 Å². The van der Waals surface area contributed by atoms with Crippen LogP contribution < -0.4 is 0 Å². The van der Waals surface area contributed by atoms with Gasteiger partial charge in [0.2, 0.25) is 5.91 Å². The Balaban J connectivity index is 1.29. The summed E-state index contributed by atoms with van der Waals surface area (Å²) in [4.78, 5) is 41.5. The van der Waals surface area contributed by atoms with Gasteiger partial charge in [-0.05, 0) is 50.5 Å². The lowest BCUT2D eigenvalue weighted by atomic mass is 9.86. The molecule has 1 saturated heterocycles. The van der Waals surface area contributed by atoms with Gasteiger partial charge in [0.1, 0.15) is 5.56 Å². The van der Waals surface area contributed by atoms with E-state index >= 15 is 0 Å². The molecule has 0 unspecified atom stereocenters. The fourth-order valence-corrected chi connectivity index (χ4v) is 5.13. The van der Waals surface area contributed by atoms with Crippen molar-refractivity contribution in [2.75, 3.05) is 32.8 Å². The third-order valence-corrected chi connectivity index (χ3v) is 7.27. The number of aromatic nitrogens is 2. The molecule has 1 saturated carbocycles. The van der Waals surface area contributed by atoms with E-state index in [4.69, 9.17) is 4.74 Å². The summed E-state index contributed by atoms with van der Waals surface area (Å²) >= 11 is 0. The number of ether oxygens (including phenoxy) is 1. The Hall–Kier alpha value is -3.16. The first kappa shape index (κ1) is 24.9. The monoisotopic (exact) mass is 480 g/mol. The molecule has 4 rings (SSSR count). The van der Waals surface area contributed by atoms with Gasteiger partial charge in [-0.3, -0.25) is 9.59 Å². The Bertz CT molecular complexity index is 1030. The Morgan fingerprint density at radius 2 is 1.63 bits per heavy atom. The zero-order chi connectivity index (χ0) is 24.8. The van der Waals surface area contributed by atoms with Crippen LogP contribution in [-0.4, -0.2) is 70.1 Å². The molecular formula is C27H36N4O4. The summed E-state index contributed by atoms with van der Waals surface area (Å²) in [7, 11) is 0. The van der Waals surface area contributed by atoms with Crippen LogP contribution >= 0.6 is 0 Å². The highest BCUT2D eigenvalue weighted by atomic mass is 16.5. The second-order valence-corrected chi connectivity index (χ2v) is 9.54. The van der Waals surface area contributed by atoms with Crippen molar-refractivity contribution in [2.45, 2.75) is 58.8 Å². The van der Waals surface area contributed by atoms with Crippen molar-refractivity contribution < 1.29 is 19.1 Å². The quantitative estimate of drug-likeness (QED) is 0.559. The van der Waals surface area contributed by atoms with Crippen LogP contribution in [-0.2, 0) is 9.53 Å². The summed E-state index contributed by atoms with van der Waals surface area (Å²) in [6.07, 6.45) is 9.60. The van der Waals surface area contributed by atoms with E-state index in [1.807, 2.05) is 28.9 Å². The summed E-state index contributed by atoms with van der Waals surface area (Å²) in [5.74, 6) is 0.509. The average Bonchev–Trinajstić information content (AvgIpc) is 3.29. The lowest BCUT2D eigenvalue weighted by Crippen LogP contribution is -2.50. The number of carbonyl (C=O) groups excluding carboxylic acids is 3. The van der Waals surface area contributed by atoms with Crippen LogP contribution in [0, 0.1) is 12.8 Å². The van der Waals surface area contributed by atoms with Gasteiger partial charge in [-0.25, -0.2) is 9.48 Å². The number of hydrogen-bond acceptors (Lipinski definition) is 5. The molecule has 2 heterocycles. The molecule has 0 spiro atoms. The van der Waals surface area contributed by atoms with E-state index in [1.165, 1.54) is 38.3 Å². The van der Waals surface area contributed by atoms with Crippen molar-refractivity contribution in [2.24, 2.45) is 5.92 Å². The van der Waals surface area contributed by atoms with E-state index in [9.17, 15) is 14.4 Å². The highest BCUT2D eigenvalue weighted by Crippen LogP contribution is 2.27. The average molecular weight is 481 g/mol. The molecule has 2 fully saturated rings. The van der Waals surface area contributed by atoms with E-state index in [-0.39, 0.29) is 11.8 Å². The maximum absolute atomic E-state index is 13.0. The molecule has 0 N–H and O–H groups in total. The fraction of sp³-hybridized carbons (Fsp3) is 0.556. The molecule has 2 amide bonds. The molecule has 8 nitrogen and oxygen atoms in total. The predicted molar refractivity (Wildman–Crippen MR) is 133 cm³/mol. The molecule has 35 heavy (non-hydrogen) atoms. The molecule has 1 aromatic carbocycles. The highest BCUT2D eigenvalue weighted by Gasteiger charge is 2.26. The normalized spacial score (nSPS) is 16.9. The predicted octanol–water partition coefficient (Wildman–Crippen LogP) is 4.00. The van der Waals surface area contributed by atoms with E-state index in [1.54, 1.807) is 23.7 Å². The Kier molecular flexibility index (Phi) is 8.21. The summed E-state index contributed by atoms with van der Waals surface area (Å²) in [6, 6.07) is 7.22. The van der Waals surface area contributed by atoms with Gasteiger partial charge in [0, 0.05) is 38.2 Å². The van der Waals surface area contributed by atoms with Crippen LogP contribution in [0.15, 0.2) is 30.5 Å². The second kappa shape index (κ2) is 11.5. The molecule has 1 aliphatic carbocycles. The minimum Gasteiger partial charge on any atom is -0.462 e. The maximum Gasteiger partial charge on any atom is 0.341 e. The van der Waals surface area contributed by atoms with Gasteiger partial charge >= 0.3 is 5.97 Å². The fourth-order valence-electron chi connectivity index (χ4n) is 5.13. The van der Waals surface area contributed by atoms with Gasteiger partial charge in [0.15, 0.2) is 0 Å². The van der Waals surface area contributed by atoms with E-state index in [0.717, 1.165) is 12.1 Å². The summed E-state index contributed by atoms with van der Waals surface area (Å²) in [5.41, 5.74) is 2.48. The number of esters is 1. The summed E-state index contributed by atoms with van der Waals surface area (Å²) in [6.45, 7) is 6.18. The van der Waals surface area contributed by atoms with Crippen LogP contribution in [0.25, 0.3) is 5.69 Å². The standard InChI is InChI=1S/C27H36N4O4/c1-3-35-27(34)24-19-28-31(20(24)2)23-12-10-22(11-13-23)26(33)30-17-15-29(16-18-30)25(32)14-9-21-7-5-4-6-8-21/h10-13,19,21H,3-9,14-18H2,1-2H3. The van der Waals surface area contributed by atoms with Gasteiger partial charge in [-0.15, -0.1) is 0 Å². The van der Waals surface area contributed by atoms with Crippen molar-refractivity contribution in [1.82, 2.24) is 19.6 Å². The minimum absolute atomic E-state index is 0.0322. The smallest absolute Gasteiger partial charge is 0.341 e. The molecule has 0 atom stereocenters. The van der Waals surface area contributed by atoms with Gasteiger partial charge in [-0.2, -0.15) is 5.10 Å². The van der Waals surface area contributed by atoms with Crippen molar-refractivity contribution >= 4 is 17.8 Å². The number of amides is 2. The molecule has 2 aromatic rings. The Morgan fingerprint density at radius 1 is 0.971 bits per heavy atom. The molecule has 2 aliphatic rings. The van der Waals surface area contributed by atoms with Crippen LogP contribution in [0.2, 0.25) is 0 Å². The van der Waals surface area contributed by atoms with Gasteiger partial charge < -0.3 is 14.5 Å². The molecule has 0 radical (unpaired) electrons. The largest absolute Gasteiger partial charge is 0.462 e. The first-order valence-electron chi connectivity index (χ1n) is 12.9. The van der Waals surface area contributed by atoms with E-state index < -0.39 is 5.97 Å². The topological polar surface area (TPSA) is 84.7 Å². The highest BCUT2D eigenvalue weighted by molar-refractivity contribution is 5.94. The number of benzene rings is 1. The molecule has 1 aliphatic heterocycles. The van der Waals surface area contributed by atoms with Crippen LogP contribution in [0.4, 0.5) is 0 Å². The van der Waals surface area contributed by atoms with Crippen LogP contribution in [0.3, 0.4) is 0 Å². The summed E-state index contributed by atoms with van der Waals surface area (Å²) < 4.78 is 6.74. The Labute approximate surface area is 207 Å². The van der Waals surface area contributed by atoms with Crippen LogP contribution in [0.5, 0.6) is 0 Å². The molecule has 8 heteroatoms. The molecular weight excluding hydrogens is 444 g/mol. The first-order chi connectivity index (χ1) is 17.0. The third kappa shape index (κ3) is 5.92. The number of piperazine rings is 1. The second-order valence-electron chi connectivity index (χ2n) is 9.54. The van der Waals surface area contributed by atoms with Crippen molar-refractivity contribution in [3.8, 4) is 5.69 Å². The maximum atomic E-state index is 13.0. The number of carbonyl (C=O) groups is 3. The lowest BCUT2D eigenvalue weighted by Gasteiger charge is -2.35. The van der Waals surface area contributed by atoms with E-state index in [0.29, 0.717) is 61.9 Å². The van der Waals surface area contributed by atoms with Crippen molar-refractivity contribution in [1.29, 1.82) is 0 Å². The van der Waals surface area contributed by atoms with Crippen LogP contribution in [0.1, 0.15) is 78.3 Å². The summed E-state index contributed by atoms with van der Waals surface area (Å²) in [5, 5.41) is 4.31. The Morgan fingerprint density at radius 3 is 2.29 bits per heavy atom. The van der Waals surface area contributed by atoms with E-state index in [2.05, 4.69) is 5.10 Å². The zero-order valence-corrected chi connectivity index (χ0v) is 20.9. The van der Waals surface area contributed by atoms with Gasteiger partial charge in [0.05, 0.1) is 24.2 Å². The van der Waals surface area contributed by atoms with Crippen molar-refractivity contribution in [3.63, 3.8) is 0 Å². The first-order valence-corrected chi connectivity index (χ1v) is 12.9. The number of hydrogen-bond donors (Lipinski definition) is 0. The molecule has 0 bridgehead atoms. The molecule has 1 aromatic heterocycles. The lowest BCUT2D eigenvalue weighted by molar-refractivity contribution is -0.133. The number of nitrogens with zero attached hydrogens (tertiary/aromatic N) is 4. The third-order valence-electron chi connectivity index (χ3n) is 7.27. The SMILES string of the molecule is CCOC(=O)c1cnn(-c2ccc(C(=O)N3CCN(C(=O)CCC4CCCCC4)CC3)cc2)c1C. The van der Waals surface area contributed by atoms with Crippen molar-refractivity contribution in [3.05, 3.63) is 47.3 Å². The van der Waals surface area contributed by atoms with Gasteiger partial charge in [-0.1, -0.05) is 32.1 Å². The molecule has 188 valence electrons. The minimum atomic E-state index is -0.394. The number of rotatable bonds is 7.